The first-order chi connectivity index (χ1) is 17.2. The highest BCUT2D eigenvalue weighted by Crippen LogP contribution is 2.46. The summed E-state index contributed by atoms with van der Waals surface area (Å²) < 4.78 is 5.84. The number of Topliss-reactive ketones (excluding diaryl/α,β-unsaturated/α-hetero) is 1. The zero-order valence-electron chi connectivity index (χ0n) is 21.4. The van der Waals surface area contributed by atoms with E-state index in [2.05, 4.69) is 25.8 Å². The Balaban J connectivity index is 1.71. The number of para-hydroxylation sites is 1. The van der Waals surface area contributed by atoms with Gasteiger partial charge in [0.05, 0.1) is 18.2 Å². The number of fused-ring (bicyclic) bond motifs is 1. The monoisotopic (exact) mass is 486 g/mol. The Morgan fingerprint density at radius 2 is 1.83 bits per heavy atom. The lowest BCUT2D eigenvalue weighted by molar-refractivity contribution is -0.141. The quantitative estimate of drug-likeness (QED) is 0.254. The molecule has 1 aliphatic heterocycles. The first kappa shape index (κ1) is 24.2. The minimum absolute atomic E-state index is 0.0177. The number of aromatic nitrogens is 1. The van der Waals surface area contributed by atoms with Crippen LogP contribution in [0.5, 0.6) is 5.75 Å². The average molecular weight is 487 g/mol. The number of likely N-dealkylation sites (tertiary alicyclic amines) is 1. The van der Waals surface area contributed by atoms with Crippen molar-refractivity contribution in [1.82, 2.24) is 9.88 Å². The number of hydrogen-bond donors (Lipinski definition) is 2. The largest absolute Gasteiger partial charge is 0.507 e. The Bertz CT molecular complexity index is 1350. The lowest BCUT2D eigenvalue weighted by Crippen LogP contribution is -2.37. The van der Waals surface area contributed by atoms with E-state index in [-0.39, 0.29) is 22.8 Å². The molecule has 3 aromatic rings. The predicted octanol–water partition coefficient (Wildman–Crippen LogP) is 6.23. The third-order valence-corrected chi connectivity index (χ3v) is 7.47. The molecule has 0 spiro atoms. The van der Waals surface area contributed by atoms with Gasteiger partial charge in [-0.15, -0.1) is 0 Å². The second-order valence-electron chi connectivity index (χ2n) is 10.8. The first-order valence-corrected chi connectivity index (χ1v) is 12.9. The zero-order chi connectivity index (χ0) is 25.6. The van der Waals surface area contributed by atoms with E-state index in [9.17, 15) is 14.7 Å². The van der Waals surface area contributed by atoms with Crippen molar-refractivity contribution in [2.75, 3.05) is 6.61 Å². The standard InChI is InChI=1S/C30H34N2O4/c1-5-36-24-15-14-18(16-22(24)30(2,3)4)27(33)25-26(21-17-31-23-13-9-8-12-20(21)23)32(29(35)28(25)34)19-10-6-7-11-19/h8-9,12-17,19,26,31,33H,5-7,10-11H2,1-4H3/b27-25+. The van der Waals surface area contributed by atoms with Crippen LogP contribution in [0.3, 0.4) is 0 Å². The maximum Gasteiger partial charge on any atom is 0.295 e. The van der Waals surface area contributed by atoms with Gasteiger partial charge in [-0.3, -0.25) is 9.59 Å². The van der Waals surface area contributed by atoms with Crippen molar-refractivity contribution < 1.29 is 19.4 Å². The summed E-state index contributed by atoms with van der Waals surface area (Å²) in [7, 11) is 0. The molecule has 6 heteroatoms. The van der Waals surface area contributed by atoms with Gasteiger partial charge in [-0.1, -0.05) is 51.8 Å². The Kier molecular flexibility index (Phi) is 6.15. The molecule has 1 aromatic heterocycles. The Morgan fingerprint density at radius 3 is 2.53 bits per heavy atom. The van der Waals surface area contributed by atoms with Gasteiger partial charge in [0.15, 0.2) is 0 Å². The lowest BCUT2D eigenvalue weighted by Gasteiger charge is -2.30. The summed E-state index contributed by atoms with van der Waals surface area (Å²) in [6, 6.07) is 12.7. The molecule has 188 valence electrons. The van der Waals surface area contributed by atoms with Gasteiger partial charge < -0.3 is 19.7 Å². The number of ether oxygens (including phenoxy) is 1. The van der Waals surface area contributed by atoms with E-state index in [4.69, 9.17) is 4.74 Å². The molecule has 2 heterocycles. The van der Waals surface area contributed by atoms with Gasteiger partial charge in [0.25, 0.3) is 11.7 Å². The normalized spacial score (nSPS) is 20.6. The number of hydrogen-bond acceptors (Lipinski definition) is 4. The van der Waals surface area contributed by atoms with Crippen molar-refractivity contribution >= 4 is 28.4 Å². The minimum Gasteiger partial charge on any atom is -0.507 e. The summed E-state index contributed by atoms with van der Waals surface area (Å²) in [6.07, 6.45) is 5.66. The fraction of sp³-hybridized carbons (Fsp3) is 0.400. The topological polar surface area (TPSA) is 82.6 Å². The highest BCUT2D eigenvalue weighted by Gasteiger charge is 2.49. The van der Waals surface area contributed by atoms with Crippen molar-refractivity contribution in [1.29, 1.82) is 0 Å². The van der Waals surface area contributed by atoms with E-state index >= 15 is 0 Å². The highest BCUT2D eigenvalue weighted by atomic mass is 16.5. The number of aliphatic hydroxyl groups excluding tert-OH is 1. The molecule has 1 amide bonds. The molecule has 1 aliphatic carbocycles. The van der Waals surface area contributed by atoms with Crippen LogP contribution in [0.25, 0.3) is 16.7 Å². The Labute approximate surface area is 212 Å². The molecule has 1 saturated heterocycles. The van der Waals surface area contributed by atoms with Gasteiger partial charge in [0, 0.05) is 39.8 Å². The number of ketones is 1. The van der Waals surface area contributed by atoms with Crippen molar-refractivity contribution in [2.24, 2.45) is 0 Å². The number of amides is 1. The number of nitrogens with zero attached hydrogens (tertiary/aromatic N) is 1. The number of nitrogens with one attached hydrogen (secondary N) is 1. The zero-order valence-corrected chi connectivity index (χ0v) is 21.4. The van der Waals surface area contributed by atoms with Crippen LogP contribution in [-0.2, 0) is 15.0 Å². The van der Waals surface area contributed by atoms with Gasteiger partial charge in [-0.05, 0) is 49.4 Å². The predicted molar refractivity (Wildman–Crippen MR) is 141 cm³/mol. The van der Waals surface area contributed by atoms with E-state index in [1.54, 1.807) is 11.0 Å². The Morgan fingerprint density at radius 1 is 1.11 bits per heavy atom. The lowest BCUT2D eigenvalue weighted by atomic mass is 9.84. The van der Waals surface area contributed by atoms with Crippen LogP contribution in [-0.4, -0.2) is 39.3 Å². The molecule has 0 radical (unpaired) electrons. The van der Waals surface area contributed by atoms with Crippen LogP contribution in [0.4, 0.5) is 0 Å². The van der Waals surface area contributed by atoms with E-state index in [1.807, 2.05) is 49.5 Å². The highest BCUT2D eigenvalue weighted by molar-refractivity contribution is 6.46. The fourth-order valence-electron chi connectivity index (χ4n) is 5.73. The summed E-state index contributed by atoms with van der Waals surface area (Å²) in [5, 5.41) is 12.6. The molecular weight excluding hydrogens is 452 g/mol. The molecule has 0 bridgehead atoms. The summed E-state index contributed by atoms with van der Waals surface area (Å²) in [4.78, 5) is 32.0. The summed E-state index contributed by atoms with van der Waals surface area (Å²) in [6.45, 7) is 8.71. The second-order valence-corrected chi connectivity index (χ2v) is 10.8. The number of carbonyl (C=O) groups excluding carboxylic acids is 2. The number of carbonyl (C=O) groups is 2. The van der Waals surface area contributed by atoms with Crippen LogP contribution in [0.1, 0.15) is 76.1 Å². The second kappa shape index (κ2) is 9.16. The van der Waals surface area contributed by atoms with E-state index in [0.717, 1.165) is 53.5 Å². The third kappa shape index (κ3) is 3.98. The molecule has 2 fully saturated rings. The van der Waals surface area contributed by atoms with Crippen LogP contribution in [0, 0.1) is 0 Å². The van der Waals surface area contributed by atoms with Crippen molar-refractivity contribution in [2.45, 2.75) is 70.9 Å². The smallest absolute Gasteiger partial charge is 0.295 e. The molecule has 36 heavy (non-hydrogen) atoms. The minimum atomic E-state index is -0.645. The summed E-state index contributed by atoms with van der Waals surface area (Å²) in [5.74, 6) is -0.541. The average Bonchev–Trinajstić information content (AvgIpc) is 3.57. The number of benzene rings is 2. The van der Waals surface area contributed by atoms with Gasteiger partial charge in [0.1, 0.15) is 11.5 Å². The van der Waals surface area contributed by atoms with E-state index in [1.165, 1.54) is 0 Å². The van der Waals surface area contributed by atoms with Crippen LogP contribution >= 0.6 is 0 Å². The summed E-state index contributed by atoms with van der Waals surface area (Å²) >= 11 is 0. The van der Waals surface area contributed by atoms with Crippen LogP contribution < -0.4 is 4.74 Å². The van der Waals surface area contributed by atoms with Crippen LogP contribution in [0.2, 0.25) is 0 Å². The van der Waals surface area contributed by atoms with Gasteiger partial charge in [-0.25, -0.2) is 0 Å². The van der Waals surface area contributed by atoms with E-state index < -0.39 is 17.7 Å². The molecule has 2 aromatic carbocycles. The van der Waals surface area contributed by atoms with Crippen LogP contribution in [0.15, 0.2) is 54.2 Å². The number of aliphatic hydroxyl groups is 1. The molecule has 5 rings (SSSR count). The molecule has 1 saturated carbocycles. The molecule has 2 N–H and O–H groups in total. The number of rotatable bonds is 5. The van der Waals surface area contributed by atoms with Crippen molar-refractivity contribution in [3.63, 3.8) is 0 Å². The molecular formula is C30H34N2O4. The number of aromatic amines is 1. The van der Waals surface area contributed by atoms with Gasteiger partial charge in [0.2, 0.25) is 0 Å². The summed E-state index contributed by atoms with van der Waals surface area (Å²) in [5.41, 5.74) is 3.12. The van der Waals surface area contributed by atoms with Gasteiger partial charge >= 0.3 is 0 Å². The SMILES string of the molecule is CCOc1ccc(/C(O)=C2\C(=O)C(=O)N(C3CCCC3)C2c2c[nH]c3ccccc23)cc1C(C)(C)C. The third-order valence-electron chi connectivity index (χ3n) is 7.47. The van der Waals surface area contributed by atoms with Crippen molar-refractivity contribution in [3.8, 4) is 5.75 Å². The molecule has 1 unspecified atom stereocenters. The fourth-order valence-corrected chi connectivity index (χ4v) is 5.73. The maximum absolute atomic E-state index is 13.5. The molecule has 1 atom stereocenters. The Hall–Kier alpha value is -3.54. The van der Waals surface area contributed by atoms with E-state index in [0.29, 0.717) is 12.2 Å². The first-order valence-electron chi connectivity index (χ1n) is 12.9. The van der Waals surface area contributed by atoms with Crippen molar-refractivity contribution in [3.05, 3.63) is 70.9 Å². The molecule has 2 aliphatic rings. The van der Waals surface area contributed by atoms with Gasteiger partial charge in [-0.2, -0.15) is 0 Å². The number of H-pyrrole nitrogens is 1. The molecule has 6 nitrogen and oxygen atoms in total. The maximum atomic E-state index is 13.5.